The van der Waals surface area contributed by atoms with Crippen LogP contribution in [0.2, 0.25) is 0 Å². The van der Waals surface area contributed by atoms with Gasteiger partial charge >= 0.3 is 0 Å². The summed E-state index contributed by atoms with van der Waals surface area (Å²) in [5.41, 5.74) is 1.55. The predicted molar refractivity (Wildman–Crippen MR) is 188 cm³/mol. The van der Waals surface area contributed by atoms with Crippen LogP contribution in [0.5, 0.6) is 0 Å². The molecule has 0 heterocycles. The molecule has 0 spiro atoms. The first kappa shape index (κ1) is 39.2. The second-order valence-electron chi connectivity index (χ2n) is 5.83. The Kier molecular flexibility index (Phi) is 36.4. The molecule has 0 saturated heterocycles. The molecule has 0 aromatic carbocycles. The first-order valence-corrected chi connectivity index (χ1v) is 23.5. The van der Waals surface area contributed by atoms with E-state index in [9.17, 15) is 9.00 Å². The lowest BCUT2D eigenvalue weighted by molar-refractivity contribution is -0.217. The molecule has 0 bridgehead atoms. The van der Waals surface area contributed by atoms with Gasteiger partial charge in [0.05, 0.1) is 45.7 Å². The van der Waals surface area contributed by atoms with Crippen LogP contribution in [0.25, 0.3) is 0 Å². The van der Waals surface area contributed by atoms with Gasteiger partial charge in [0, 0.05) is 42.2 Å². The highest BCUT2D eigenvalue weighted by Crippen LogP contribution is 2.24. The Morgan fingerprint density at radius 2 is 1.54 bits per heavy atom. The third kappa shape index (κ3) is 34.3. The van der Waals surface area contributed by atoms with E-state index in [1.54, 1.807) is 64.4 Å². The number of aliphatic imine (C=N–C) groups is 2. The van der Waals surface area contributed by atoms with Crippen molar-refractivity contribution in [3.63, 3.8) is 0 Å². The molecule has 2 N–H and O–H groups in total. The number of carbonyl (C=O) groups excluding carboxylic acids is 1. The van der Waals surface area contributed by atoms with Gasteiger partial charge in [-0.3, -0.25) is 14.0 Å². The predicted octanol–water partition coefficient (Wildman–Crippen LogP) is 6.33. The smallest absolute Gasteiger partial charge is 0.280 e. The lowest BCUT2D eigenvalue weighted by Gasteiger charge is -2.05. The van der Waals surface area contributed by atoms with Crippen LogP contribution in [0.15, 0.2) is 9.98 Å². The second kappa shape index (κ2) is 34.4. The number of aliphatic hydroxyl groups is 1. The van der Waals surface area contributed by atoms with Crippen LogP contribution in [-0.4, -0.2) is 104 Å². The lowest BCUT2D eigenvalue weighted by Crippen LogP contribution is -2.17. The first-order valence-electron chi connectivity index (χ1n) is 10.5. The summed E-state index contributed by atoms with van der Waals surface area (Å²) in [6.07, 6.45) is 3.80. The minimum absolute atomic E-state index is 0.0314. The molecule has 0 fully saturated rings. The summed E-state index contributed by atoms with van der Waals surface area (Å²) >= 11 is 17.2. The fourth-order valence-corrected chi connectivity index (χ4v) is 13.2. The van der Waals surface area contributed by atoms with Crippen LogP contribution >= 0.6 is 118 Å². The van der Waals surface area contributed by atoms with Crippen molar-refractivity contribution in [3.05, 3.63) is 0 Å². The summed E-state index contributed by atoms with van der Waals surface area (Å²) in [6, 6.07) is 0. The summed E-state index contributed by atoms with van der Waals surface area (Å²) in [7, 11) is -0.972. The van der Waals surface area contributed by atoms with E-state index < -0.39 is 10.8 Å². The molecule has 218 valence electrons. The van der Waals surface area contributed by atoms with Crippen LogP contribution in [0.4, 0.5) is 4.79 Å². The standard InChI is InChI=1S/C18H35N3O5S11/c1-27-6-20-9-37(24)17-35-15-33-13-32-14-34-16-36-18(23)21-8-29-11-31-12-30-10-28-7-19-5-26-25-4-2-3-22/h5,9,22H,2-4,6-8,10-17H2,1H3,(H,21,23)/b19-5+,20-9+. The zero-order valence-corrected chi connectivity index (χ0v) is 29.5. The van der Waals surface area contributed by atoms with E-state index in [-0.39, 0.29) is 11.8 Å². The Morgan fingerprint density at radius 3 is 2.24 bits per heavy atom. The van der Waals surface area contributed by atoms with Crippen molar-refractivity contribution in [3.8, 4) is 0 Å². The van der Waals surface area contributed by atoms with E-state index in [4.69, 9.17) is 14.9 Å². The molecule has 0 radical (unpaired) electrons. The number of amides is 1. The topological polar surface area (TPSA) is 110 Å². The quantitative estimate of drug-likeness (QED) is 0.0234. The van der Waals surface area contributed by atoms with Gasteiger partial charge in [0.15, 0.2) is 0 Å². The molecule has 1 amide bonds. The van der Waals surface area contributed by atoms with E-state index in [0.29, 0.717) is 35.7 Å². The zero-order valence-electron chi connectivity index (χ0n) is 20.5. The molecule has 0 aromatic heterocycles. The molecule has 0 aliphatic heterocycles. The Hall–Kier alpha value is 2.18. The number of carbonyl (C=O) groups is 1. The van der Waals surface area contributed by atoms with E-state index >= 15 is 0 Å². The molecule has 0 aliphatic rings. The highest BCUT2D eigenvalue weighted by Gasteiger charge is 2.02. The average molecular weight is 726 g/mol. The van der Waals surface area contributed by atoms with E-state index in [1.807, 2.05) is 53.3 Å². The van der Waals surface area contributed by atoms with Crippen molar-refractivity contribution < 1.29 is 23.9 Å². The Labute approximate surface area is 266 Å². The molecule has 1 unspecified atom stereocenters. The third-order valence-corrected chi connectivity index (χ3v) is 15.5. The first-order chi connectivity index (χ1) is 18.2. The van der Waals surface area contributed by atoms with Crippen LogP contribution in [0.1, 0.15) is 6.42 Å². The number of hydrogen-bond acceptors (Lipinski definition) is 17. The van der Waals surface area contributed by atoms with Gasteiger partial charge in [0.25, 0.3) is 5.24 Å². The maximum atomic E-state index is 11.9. The molecule has 19 heteroatoms. The van der Waals surface area contributed by atoms with Gasteiger partial charge in [-0.15, -0.1) is 106 Å². The second-order valence-corrected chi connectivity index (χ2v) is 19.7. The minimum Gasteiger partial charge on any atom is -0.396 e. The largest absolute Gasteiger partial charge is 0.396 e. The maximum Gasteiger partial charge on any atom is 0.280 e. The fraction of sp³-hybridized carbons (Fsp3) is 0.833. The fourth-order valence-electron chi connectivity index (χ4n) is 1.51. The molecular weight excluding hydrogens is 691 g/mol. The third-order valence-electron chi connectivity index (χ3n) is 2.92. The number of nitrogens with one attached hydrogen (secondary N) is 1. The molecule has 37 heavy (non-hydrogen) atoms. The van der Waals surface area contributed by atoms with E-state index in [2.05, 4.69) is 15.3 Å². The normalized spacial score (nSPS) is 12.5. The summed E-state index contributed by atoms with van der Waals surface area (Å²) in [5.74, 6) is 1.92. The van der Waals surface area contributed by atoms with Crippen LogP contribution in [0, 0.1) is 0 Å². The van der Waals surface area contributed by atoms with Crippen molar-refractivity contribution in [2.75, 3.05) is 77.8 Å². The molecule has 0 saturated carbocycles. The van der Waals surface area contributed by atoms with Crippen molar-refractivity contribution in [1.82, 2.24) is 5.32 Å². The Balaban J connectivity index is 3.26. The highest BCUT2D eigenvalue weighted by molar-refractivity contribution is 8.30. The van der Waals surface area contributed by atoms with Crippen LogP contribution in [0.3, 0.4) is 0 Å². The molecular formula is C18H35N3O5S11. The molecule has 0 aromatic rings. The summed E-state index contributed by atoms with van der Waals surface area (Å²) in [5, 5.41) is 18.7. The molecule has 0 aliphatic carbocycles. The molecule has 1 atom stereocenters. The number of hydrogen-bond donors (Lipinski definition) is 2. The monoisotopic (exact) mass is 725 g/mol. The van der Waals surface area contributed by atoms with Crippen molar-refractivity contribution in [1.29, 1.82) is 0 Å². The van der Waals surface area contributed by atoms with Gasteiger partial charge in [-0.1, -0.05) is 11.8 Å². The number of thioether (sulfide) groups is 10. The Morgan fingerprint density at radius 1 is 0.892 bits per heavy atom. The van der Waals surface area contributed by atoms with Crippen molar-refractivity contribution in [2.24, 2.45) is 9.98 Å². The van der Waals surface area contributed by atoms with Crippen molar-refractivity contribution >= 4 is 146 Å². The van der Waals surface area contributed by atoms with Gasteiger partial charge in [-0.2, -0.15) is 4.89 Å². The molecule has 8 nitrogen and oxygen atoms in total. The zero-order chi connectivity index (χ0) is 27.1. The van der Waals surface area contributed by atoms with E-state index in [0.717, 1.165) is 35.6 Å². The number of rotatable bonds is 28. The maximum absolute atomic E-state index is 11.9. The summed E-state index contributed by atoms with van der Waals surface area (Å²) in [6.45, 7) is 0.436. The van der Waals surface area contributed by atoms with Gasteiger partial charge in [-0.25, -0.2) is 4.99 Å². The SMILES string of the molecule is CSC/N=C/S(=O)CSCSCSCSCSC(=O)NCSCSCSCSC/N=C/OOCCCO. The van der Waals surface area contributed by atoms with Crippen LogP contribution in [-0.2, 0) is 20.6 Å². The molecule has 0 rings (SSSR count). The average Bonchev–Trinajstić information content (AvgIpc) is 2.89. The van der Waals surface area contributed by atoms with Gasteiger partial charge < -0.3 is 15.3 Å². The Bertz CT molecular complexity index is 598. The number of aliphatic hydroxyl groups excluding tert-OH is 1. The lowest BCUT2D eigenvalue weighted by atomic mass is 10.5. The van der Waals surface area contributed by atoms with Gasteiger partial charge in [0.1, 0.15) is 0 Å². The number of nitrogens with zero attached hydrogens (tertiary/aromatic N) is 2. The summed E-state index contributed by atoms with van der Waals surface area (Å²) in [4.78, 5) is 29.5. The van der Waals surface area contributed by atoms with Crippen molar-refractivity contribution in [2.45, 2.75) is 6.42 Å². The van der Waals surface area contributed by atoms with Crippen LogP contribution < -0.4 is 5.32 Å². The highest BCUT2D eigenvalue weighted by atomic mass is 32.3. The van der Waals surface area contributed by atoms with E-state index in [1.165, 1.54) is 18.2 Å². The summed E-state index contributed by atoms with van der Waals surface area (Å²) < 4.78 is 11.6. The van der Waals surface area contributed by atoms with Gasteiger partial charge in [0.2, 0.25) is 6.40 Å². The van der Waals surface area contributed by atoms with Gasteiger partial charge in [-0.05, 0) is 12.7 Å². The minimum atomic E-state index is -0.972.